The number of carbonyl (C=O) groups excluding carboxylic acids is 1. The number of amides is 1. The molecule has 4 aromatic rings. The van der Waals surface area contributed by atoms with Crippen LogP contribution in [0.3, 0.4) is 0 Å². The van der Waals surface area contributed by atoms with Crippen LogP contribution in [0.1, 0.15) is 27.0 Å². The minimum Gasteiger partial charge on any atom is -0.472 e. The van der Waals surface area contributed by atoms with E-state index in [0.717, 1.165) is 16.7 Å². The van der Waals surface area contributed by atoms with E-state index in [4.69, 9.17) is 16.3 Å². The van der Waals surface area contributed by atoms with Crippen LogP contribution in [-0.4, -0.2) is 15.7 Å². The molecule has 6 nitrogen and oxygen atoms in total. The molecule has 0 atom stereocenters. The second-order valence-electron chi connectivity index (χ2n) is 7.61. The predicted octanol–water partition coefficient (Wildman–Crippen LogP) is 5.33. The number of aryl methyl sites for hydroxylation is 1. The fraction of sp³-hybridized carbons (Fsp3) is 0.115. The van der Waals surface area contributed by atoms with E-state index in [-0.39, 0.29) is 11.5 Å². The zero-order valence-corrected chi connectivity index (χ0v) is 19.0. The van der Waals surface area contributed by atoms with Gasteiger partial charge in [0.05, 0.1) is 5.69 Å². The highest BCUT2D eigenvalue weighted by atomic mass is 35.5. The van der Waals surface area contributed by atoms with Gasteiger partial charge in [0, 0.05) is 28.4 Å². The minimum absolute atomic E-state index is 0.275. The predicted molar refractivity (Wildman–Crippen MR) is 129 cm³/mol. The first-order valence-electron chi connectivity index (χ1n) is 10.4. The molecule has 0 unspecified atom stereocenters. The van der Waals surface area contributed by atoms with Gasteiger partial charge < -0.3 is 10.1 Å². The summed E-state index contributed by atoms with van der Waals surface area (Å²) in [5.74, 6) is 0.0526. The molecule has 1 aromatic heterocycles. The van der Waals surface area contributed by atoms with Gasteiger partial charge in [0.15, 0.2) is 0 Å². The largest absolute Gasteiger partial charge is 0.472 e. The molecule has 1 N–H and O–H groups in total. The van der Waals surface area contributed by atoms with Crippen molar-refractivity contribution in [2.45, 2.75) is 20.5 Å². The summed E-state index contributed by atoms with van der Waals surface area (Å²) in [5.41, 5.74) is 4.26. The number of benzene rings is 3. The van der Waals surface area contributed by atoms with Gasteiger partial charge in [-0.1, -0.05) is 47.5 Å². The summed E-state index contributed by atoms with van der Waals surface area (Å²) >= 11 is 6.12. The fourth-order valence-electron chi connectivity index (χ4n) is 3.31. The van der Waals surface area contributed by atoms with Gasteiger partial charge >= 0.3 is 0 Å². The molecule has 0 radical (unpaired) electrons. The van der Waals surface area contributed by atoms with Gasteiger partial charge in [-0.2, -0.15) is 4.68 Å². The van der Waals surface area contributed by atoms with E-state index in [1.165, 1.54) is 10.7 Å². The third-order valence-electron chi connectivity index (χ3n) is 5.13. The van der Waals surface area contributed by atoms with Crippen LogP contribution in [0.15, 0.2) is 83.7 Å². The summed E-state index contributed by atoms with van der Waals surface area (Å²) in [6.45, 7) is 4.20. The first kappa shape index (κ1) is 22.3. The van der Waals surface area contributed by atoms with Gasteiger partial charge in [-0.25, -0.2) is 0 Å². The molecule has 33 heavy (non-hydrogen) atoms. The molecule has 0 saturated heterocycles. The molecule has 7 heteroatoms. The van der Waals surface area contributed by atoms with E-state index < -0.39 is 0 Å². The van der Waals surface area contributed by atoms with Crippen LogP contribution < -0.4 is 15.6 Å². The molecule has 1 heterocycles. The maximum atomic E-state index is 12.6. The van der Waals surface area contributed by atoms with Crippen molar-refractivity contribution < 1.29 is 9.53 Å². The Morgan fingerprint density at radius 2 is 1.76 bits per heavy atom. The Labute approximate surface area is 196 Å². The van der Waals surface area contributed by atoms with Crippen molar-refractivity contribution in [2.24, 2.45) is 0 Å². The van der Waals surface area contributed by atoms with Gasteiger partial charge in [-0.3, -0.25) is 9.59 Å². The maximum absolute atomic E-state index is 12.6. The molecular formula is C26H22ClN3O3. The maximum Gasteiger partial charge on any atom is 0.271 e. The van der Waals surface area contributed by atoms with Gasteiger partial charge in [0.25, 0.3) is 11.5 Å². The number of anilines is 1. The topological polar surface area (TPSA) is 73.2 Å². The first-order valence-corrected chi connectivity index (χ1v) is 10.7. The molecule has 0 aliphatic rings. The smallest absolute Gasteiger partial charge is 0.271 e. The Balaban J connectivity index is 1.50. The summed E-state index contributed by atoms with van der Waals surface area (Å²) in [5, 5.41) is 7.75. The van der Waals surface area contributed by atoms with Crippen molar-refractivity contribution in [3.05, 3.63) is 116 Å². The Bertz CT molecular complexity index is 1360. The molecule has 0 aliphatic carbocycles. The monoisotopic (exact) mass is 459 g/mol. The van der Waals surface area contributed by atoms with Crippen LogP contribution >= 0.6 is 11.6 Å². The summed E-state index contributed by atoms with van der Waals surface area (Å²) in [6, 6.07) is 22.9. The zero-order valence-electron chi connectivity index (χ0n) is 18.2. The number of ether oxygens (including phenoxy) is 1. The van der Waals surface area contributed by atoms with Crippen LogP contribution in [-0.2, 0) is 6.61 Å². The average Bonchev–Trinajstić information content (AvgIpc) is 2.82. The summed E-state index contributed by atoms with van der Waals surface area (Å²) in [7, 11) is 0. The van der Waals surface area contributed by atoms with E-state index in [0.29, 0.717) is 34.4 Å². The molecule has 0 spiro atoms. The van der Waals surface area contributed by atoms with Crippen LogP contribution in [0.4, 0.5) is 5.69 Å². The van der Waals surface area contributed by atoms with E-state index in [1.807, 2.05) is 38.1 Å². The highest BCUT2D eigenvalue weighted by Crippen LogP contribution is 2.23. The summed E-state index contributed by atoms with van der Waals surface area (Å²) < 4.78 is 7.01. The molecule has 1 amide bonds. The second-order valence-corrected chi connectivity index (χ2v) is 8.02. The Morgan fingerprint density at radius 3 is 2.52 bits per heavy atom. The van der Waals surface area contributed by atoms with E-state index in [9.17, 15) is 9.59 Å². The second kappa shape index (κ2) is 9.71. The third-order valence-corrected chi connectivity index (χ3v) is 5.54. The van der Waals surface area contributed by atoms with Gasteiger partial charge in [-0.05, 0) is 61.4 Å². The molecular weight excluding hydrogens is 438 g/mol. The van der Waals surface area contributed by atoms with E-state index in [1.54, 1.807) is 48.5 Å². The van der Waals surface area contributed by atoms with E-state index >= 15 is 0 Å². The number of aromatic nitrogens is 2. The Morgan fingerprint density at radius 1 is 1.00 bits per heavy atom. The van der Waals surface area contributed by atoms with Crippen LogP contribution in [0.2, 0.25) is 5.02 Å². The van der Waals surface area contributed by atoms with Crippen molar-refractivity contribution in [3.8, 4) is 11.6 Å². The Hall–Kier alpha value is -3.90. The summed E-state index contributed by atoms with van der Waals surface area (Å²) in [6.07, 6.45) is 0. The highest BCUT2D eigenvalue weighted by molar-refractivity contribution is 6.31. The van der Waals surface area contributed by atoms with Crippen molar-refractivity contribution in [1.82, 2.24) is 9.78 Å². The number of hydrogen-bond donors (Lipinski definition) is 1. The normalized spacial score (nSPS) is 10.6. The number of rotatable bonds is 6. The first-order chi connectivity index (χ1) is 15.9. The van der Waals surface area contributed by atoms with Crippen LogP contribution in [0.5, 0.6) is 5.88 Å². The average molecular weight is 460 g/mol. The minimum atomic E-state index is -0.301. The molecule has 166 valence electrons. The molecule has 0 aliphatic heterocycles. The zero-order chi connectivity index (χ0) is 23.4. The van der Waals surface area contributed by atoms with Gasteiger partial charge in [0.1, 0.15) is 6.61 Å². The lowest BCUT2D eigenvalue weighted by molar-refractivity contribution is 0.102. The van der Waals surface area contributed by atoms with E-state index in [2.05, 4.69) is 10.4 Å². The number of hydrogen-bond acceptors (Lipinski definition) is 4. The lowest BCUT2D eigenvalue weighted by atomic mass is 10.1. The van der Waals surface area contributed by atoms with Crippen LogP contribution in [0.25, 0.3) is 5.69 Å². The quantitative estimate of drug-likeness (QED) is 0.422. The highest BCUT2D eigenvalue weighted by Gasteiger charge is 2.11. The lowest BCUT2D eigenvalue weighted by Gasteiger charge is -2.11. The number of nitrogens with one attached hydrogen (secondary N) is 1. The molecule has 0 saturated carbocycles. The molecule has 4 rings (SSSR count). The number of nitrogens with zero attached hydrogens (tertiary/aromatic N) is 2. The third kappa shape index (κ3) is 5.30. The van der Waals surface area contributed by atoms with Gasteiger partial charge in [-0.15, -0.1) is 5.10 Å². The molecule has 0 fully saturated rings. The van der Waals surface area contributed by atoms with Crippen molar-refractivity contribution in [1.29, 1.82) is 0 Å². The van der Waals surface area contributed by atoms with Crippen LogP contribution in [0, 0.1) is 13.8 Å². The molecule has 3 aromatic carbocycles. The van der Waals surface area contributed by atoms with Crippen molar-refractivity contribution in [2.75, 3.05) is 5.32 Å². The summed E-state index contributed by atoms with van der Waals surface area (Å²) in [4.78, 5) is 25.0. The number of halogens is 1. The van der Waals surface area contributed by atoms with Crippen molar-refractivity contribution >= 4 is 23.2 Å². The Kier molecular flexibility index (Phi) is 6.56. The van der Waals surface area contributed by atoms with Crippen molar-refractivity contribution in [3.63, 3.8) is 0 Å². The standard InChI is InChI=1S/C26H22ClN3O3/c1-17-5-3-6-19(15-17)16-33-24-13-14-25(31)30(29-24)21-11-9-20(10-12-21)26(32)28-23-8-4-7-22(27)18(23)2/h3-15H,16H2,1-2H3,(H,28,32). The fourth-order valence-corrected chi connectivity index (χ4v) is 3.48. The lowest BCUT2D eigenvalue weighted by Crippen LogP contribution is -2.21. The SMILES string of the molecule is Cc1cccc(COc2ccc(=O)n(-c3ccc(C(=O)Nc4cccc(Cl)c4C)cc3)n2)c1. The number of carbonyl (C=O) groups is 1. The van der Waals surface area contributed by atoms with Gasteiger partial charge in [0.2, 0.25) is 5.88 Å². The molecule has 0 bridgehead atoms.